The number of piperidine rings is 1. The summed E-state index contributed by atoms with van der Waals surface area (Å²) in [4.78, 5) is 13.2. The predicted molar refractivity (Wildman–Crippen MR) is 81.4 cm³/mol. The first-order valence-electron chi connectivity index (χ1n) is 7.30. The summed E-state index contributed by atoms with van der Waals surface area (Å²) in [5.41, 5.74) is 2.04. The van der Waals surface area contributed by atoms with E-state index in [-0.39, 0.29) is 10.6 Å². The maximum absolute atomic E-state index is 11.1. The van der Waals surface area contributed by atoms with Crippen LogP contribution in [0.1, 0.15) is 31.2 Å². The molecule has 1 N–H and O–H groups in total. The Morgan fingerprint density at radius 3 is 2.95 bits per heavy atom. The third-order valence-corrected chi connectivity index (χ3v) is 4.14. The molecule has 1 unspecified atom stereocenters. The molecule has 0 saturated carbocycles. The summed E-state index contributed by atoms with van der Waals surface area (Å²) >= 11 is 0. The molecule has 5 heteroatoms. The number of anilines is 1. The first-order valence-corrected chi connectivity index (χ1v) is 7.30. The van der Waals surface area contributed by atoms with Crippen LogP contribution in [0.15, 0.2) is 18.2 Å². The highest BCUT2D eigenvalue weighted by atomic mass is 16.6. The number of nitrogens with zero attached hydrogens (tertiary/aromatic N) is 2. The van der Waals surface area contributed by atoms with Crippen LogP contribution in [0.2, 0.25) is 0 Å². The number of hydrogen-bond acceptors (Lipinski definition) is 4. The lowest BCUT2D eigenvalue weighted by atomic mass is 9.97. The number of hydrogen-bond donors (Lipinski definition) is 1. The number of nitro groups is 1. The van der Waals surface area contributed by atoms with Gasteiger partial charge in [0.05, 0.1) is 10.5 Å². The molecule has 1 aliphatic rings. The smallest absolute Gasteiger partial charge is 0.274 e. The van der Waals surface area contributed by atoms with Gasteiger partial charge in [-0.2, -0.15) is 0 Å². The van der Waals surface area contributed by atoms with Gasteiger partial charge >= 0.3 is 0 Å². The molecule has 1 aromatic rings. The Morgan fingerprint density at radius 1 is 1.45 bits per heavy atom. The Labute approximate surface area is 120 Å². The maximum Gasteiger partial charge on any atom is 0.274 e. The first-order chi connectivity index (χ1) is 9.65. The number of nitrogens with one attached hydrogen (secondary N) is 1. The van der Waals surface area contributed by atoms with Gasteiger partial charge < -0.3 is 10.2 Å². The largest absolute Gasteiger partial charge is 0.368 e. The summed E-state index contributed by atoms with van der Waals surface area (Å²) in [6, 6.07) is 5.88. The van der Waals surface area contributed by atoms with E-state index in [4.69, 9.17) is 0 Å². The Morgan fingerprint density at radius 2 is 2.25 bits per heavy atom. The summed E-state index contributed by atoms with van der Waals surface area (Å²) in [6.07, 6.45) is 4.67. The Balaban J connectivity index is 2.27. The Bertz CT molecular complexity index is 476. The van der Waals surface area contributed by atoms with Crippen LogP contribution < -0.4 is 10.2 Å². The minimum atomic E-state index is -0.286. The van der Waals surface area contributed by atoms with Crippen molar-refractivity contribution < 1.29 is 4.92 Å². The Kier molecular flexibility index (Phi) is 4.95. The van der Waals surface area contributed by atoms with Crippen LogP contribution in [0.3, 0.4) is 0 Å². The van der Waals surface area contributed by atoms with Crippen LogP contribution in [-0.4, -0.2) is 31.1 Å². The van der Waals surface area contributed by atoms with Gasteiger partial charge in [0.25, 0.3) is 5.69 Å². The van der Waals surface area contributed by atoms with Crippen molar-refractivity contribution in [3.8, 4) is 0 Å². The Hall–Kier alpha value is -1.62. The molecule has 1 heterocycles. The maximum atomic E-state index is 11.1. The van der Waals surface area contributed by atoms with E-state index in [0.29, 0.717) is 6.04 Å². The molecule has 1 atom stereocenters. The zero-order valence-corrected chi connectivity index (χ0v) is 12.3. The van der Waals surface area contributed by atoms with Gasteiger partial charge in [-0.05, 0) is 52.3 Å². The van der Waals surface area contributed by atoms with Gasteiger partial charge in [0.2, 0.25) is 0 Å². The minimum absolute atomic E-state index is 0.223. The molecular weight excluding hydrogens is 254 g/mol. The van der Waals surface area contributed by atoms with Crippen LogP contribution in [0, 0.1) is 17.0 Å². The fraction of sp³-hybridized carbons (Fsp3) is 0.600. The highest BCUT2D eigenvalue weighted by Crippen LogP contribution is 2.33. The van der Waals surface area contributed by atoms with Gasteiger partial charge in [-0.3, -0.25) is 10.1 Å². The second-order valence-corrected chi connectivity index (χ2v) is 5.41. The van der Waals surface area contributed by atoms with Gasteiger partial charge in [-0.1, -0.05) is 6.07 Å². The lowest BCUT2D eigenvalue weighted by Gasteiger charge is -2.38. The van der Waals surface area contributed by atoms with E-state index >= 15 is 0 Å². The molecule has 0 aliphatic carbocycles. The first kappa shape index (κ1) is 14.8. The van der Waals surface area contributed by atoms with E-state index in [2.05, 4.69) is 10.2 Å². The monoisotopic (exact) mass is 277 g/mol. The van der Waals surface area contributed by atoms with Crippen molar-refractivity contribution >= 4 is 11.4 Å². The zero-order chi connectivity index (χ0) is 14.5. The second kappa shape index (κ2) is 6.70. The minimum Gasteiger partial charge on any atom is -0.368 e. The molecule has 0 bridgehead atoms. The molecular formula is C15H23N3O2. The number of nitro benzene ring substituents is 1. The summed E-state index contributed by atoms with van der Waals surface area (Å²) in [7, 11) is 1.96. The van der Waals surface area contributed by atoms with E-state index in [1.165, 1.54) is 12.8 Å². The van der Waals surface area contributed by atoms with Crippen molar-refractivity contribution in [1.29, 1.82) is 0 Å². The average Bonchev–Trinajstić information content (AvgIpc) is 2.45. The highest BCUT2D eigenvalue weighted by Gasteiger charge is 2.25. The van der Waals surface area contributed by atoms with Crippen molar-refractivity contribution in [3.05, 3.63) is 33.9 Å². The normalized spacial score (nSPS) is 19.1. The zero-order valence-electron chi connectivity index (χ0n) is 12.3. The topological polar surface area (TPSA) is 58.4 Å². The molecule has 1 fully saturated rings. The van der Waals surface area contributed by atoms with Gasteiger partial charge in [-0.25, -0.2) is 0 Å². The van der Waals surface area contributed by atoms with Crippen molar-refractivity contribution in [2.24, 2.45) is 0 Å². The molecule has 0 radical (unpaired) electrons. The van der Waals surface area contributed by atoms with Crippen molar-refractivity contribution in [2.75, 3.05) is 25.0 Å². The third-order valence-electron chi connectivity index (χ3n) is 4.14. The SMILES string of the molecule is CNCCC1CCCCN1c1cccc([N+](=O)[O-])c1C. The lowest BCUT2D eigenvalue weighted by Crippen LogP contribution is -2.41. The molecule has 110 valence electrons. The molecule has 1 saturated heterocycles. The second-order valence-electron chi connectivity index (χ2n) is 5.41. The average molecular weight is 277 g/mol. The number of rotatable bonds is 5. The summed E-state index contributed by atoms with van der Waals surface area (Å²) < 4.78 is 0. The molecule has 1 aromatic carbocycles. The standard InChI is InChI=1S/C15H23N3O2/c1-12-14(7-5-8-15(12)18(19)20)17-11-4-3-6-13(17)9-10-16-2/h5,7-8,13,16H,3-4,6,9-11H2,1-2H3. The van der Waals surface area contributed by atoms with Gasteiger partial charge in [0.1, 0.15) is 0 Å². The lowest BCUT2D eigenvalue weighted by molar-refractivity contribution is -0.385. The van der Waals surface area contributed by atoms with Gasteiger partial charge in [-0.15, -0.1) is 0 Å². The quantitative estimate of drug-likeness (QED) is 0.664. The fourth-order valence-electron chi connectivity index (χ4n) is 3.05. The summed E-state index contributed by atoms with van der Waals surface area (Å²) in [5.74, 6) is 0. The molecule has 0 amide bonds. The van der Waals surface area contributed by atoms with Crippen molar-refractivity contribution in [1.82, 2.24) is 5.32 Å². The van der Waals surface area contributed by atoms with Crippen LogP contribution in [0.25, 0.3) is 0 Å². The van der Waals surface area contributed by atoms with E-state index in [9.17, 15) is 10.1 Å². The number of benzene rings is 1. The molecule has 0 spiro atoms. The van der Waals surface area contributed by atoms with Gasteiger partial charge in [0, 0.05) is 24.3 Å². The summed E-state index contributed by atoms with van der Waals surface area (Å²) in [6.45, 7) is 3.84. The molecule has 1 aliphatic heterocycles. The molecule has 20 heavy (non-hydrogen) atoms. The van der Waals surface area contributed by atoms with Crippen molar-refractivity contribution in [2.45, 2.75) is 38.6 Å². The van der Waals surface area contributed by atoms with Crippen LogP contribution in [0.5, 0.6) is 0 Å². The third kappa shape index (κ3) is 3.10. The van der Waals surface area contributed by atoms with E-state index in [0.717, 1.165) is 37.2 Å². The molecule has 5 nitrogen and oxygen atoms in total. The van der Waals surface area contributed by atoms with E-state index in [1.54, 1.807) is 12.1 Å². The van der Waals surface area contributed by atoms with E-state index in [1.807, 2.05) is 20.0 Å². The highest BCUT2D eigenvalue weighted by molar-refractivity contribution is 5.62. The molecule has 2 rings (SSSR count). The fourth-order valence-corrected chi connectivity index (χ4v) is 3.05. The molecule has 0 aromatic heterocycles. The predicted octanol–water partition coefficient (Wildman–Crippen LogP) is 2.87. The van der Waals surface area contributed by atoms with Crippen LogP contribution in [0.4, 0.5) is 11.4 Å². The van der Waals surface area contributed by atoms with Gasteiger partial charge in [0.15, 0.2) is 0 Å². The van der Waals surface area contributed by atoms with E-state index < -0.39 is 0 Å². The summed E-state index contributed by atoms with van der Waals surface area (Å²) in [5, 5.41) is 14.3. The van der Waals surface area contributed by atoms with Crippen LogP contribution >= 0.6 is 0 Å². The van der Waals surface area contributed by atoms with Crippen molar-refractivity contribution in [3.63, 3.8) is 0 Å². The van der Waals surface area contributed by atoms with Crippen LogP contribution in [-0.2, 0) is 0 Å².